The summed E-state index contributed by atoms with van der Waals surface area (Å²) in [7, 11) is 1.26. The van der Waals surface area contributed by atoms with Gasteiger partial charge in [0.1, 0.15) is 11.4 Å². The summed E-state index contributed by atoms with van der Waals surface area (Å²) in [4.78, 5) is 22.3. The van der Waals surface area contributed by atoms with Gasteiger partial charge in [0.05, 0.1) is 29.2 Å². The third kappa shape index (κ3) is 4.16. The van der Waals surface area contributed by atoms with Gasteiger partial charge in [-0.3, -0.25) is 10.1 Å². The molecule has 28 heavy (non-hydrogen) atoms. The molecule has 2 aromatic rings. The standard InChI is InChI=1S/C18H15F3N2O5/c1-27-16(24)11-3-2-4-12(9-11)17(7-8-17)22-14-6-5-13(28-18(19,20)21)10-15(14)23(25)26/h2-6,9-10,22H,7-8H2,1H3. The molecule has 3 rings (SSSR count). The number of nitrogens with one attached hydrogen (secondary N) is 1. The van der Waals surface area contributed by atoms with Crippen LogP contribution in [0.1, 0.15) is 28.8 Å². The highest BCUT2D eigenvalue weighted by atomic mass is 19.4. The first-order valence-corrected chi connectivity index (χ1v) is 8.15. The van der Waals surface area contributed by atoms with Crippen molar-refractivity contribution in [3.05, 3.63) is 63.7 Å². The number of hydrogen-bond donors (Lipinski definition) is 1. The van der Waals surface area contributed by atoms with Gasteiger partial charge >= 0.3 is 12.3 Å². The molecule has 0 radical (unpaired) electrons. The molecule has 0 unspecified atom stereocenters. The van der Waals surface area contributed by atoms with Crippen molar-refractivity contribution in [1.82, 2.24) is 0 Å². The second-order valence-electron chi connectivity index (χ2n) is 6.26. The van der Waals surface area contributed by atoms with E-state index >= 15 is 0 Å². The summed E-state index contributed by atoms with van der Waals surface area (Å²) in [5.41, 5.74) is -0.0873. The summed E-state index contributed by atoms with van der Waals surface area (Å²) in [6.45, 7) is 0. The second kappa shape index (κ2) is 7.02. The van der Waals surface area contributed by atoms with Crippen LogP contribution in [0.3, 0.4) is 0 Å². The molecule has 0 saturated heterocycles. The molecule has 1 aliphatic carbocycles. The lowest BCUT2D eigenvalue weighted by atomic mass is 10.0. The van der Waals surface area contributed by atoms with Gasteiger partial charge in [0.2, 0.25) is 0 Å². The molecular weight excluding hydrogens is 381 g/mol. The van der Waals surface area contributed by atoms with Gasteiger partial charge in [-0.1, -0.05) is 12.1 Å². The van der Waals surface area contributed by atoms with Gasteiger partial charge in [-0.25, -0.2) is 4.79 Å². The molecule has 7 nitrogen and oxygen atoms in total. The molecule has 0 aromatic heterocycles. The molecule has 1 N–H and O–H groups in total. The summed E-state index contributed by atoms with van der Waals surface area (Å²) < 4.78 is 45.5. The first kappa shape index (κ1) is 19.5. The fourth-order valence-corrected chi connectivity index (χ4v) is 2.90. The molecule has 1 aliphatic rings. The number of methoxy groups -OCH3 is 1. The summed E-state index contributed by atoms with van der Waals surface area (Å²) in [6, 6.07) is 9.53. The number of esters is 1. The van der Waals surface area contributed by atoms with E-state index in [-0.39, 0.29) is 5.69 Å². The molecule has 2 aromatic carbocycles. The van der Waals surface area contributed by atoms with Crippen molar-refractivity contribution in [2.24, 2.45) is 0 Å². The summed E-state index contributed by atoms with van der Waals surface area (Å²) in [6.07, 6.45) is -3.68. The third-order valence-corrected chi connectivity index (χ3v) is 4.36. The molecule has 148 valence electrons. The number of rotatable bonds is 6. The van der Waals surface area contributed by atoms with Crippen molar-refractivity contribution in [3.8, 4) is 5.75 Å². The van der Waals surface area contributed by atoms with E-state index in [9.17, 15) is 28.1 Å². The molecule has 0 heterocycles. The number of carbonyl (C=O) groups is 1. The molecule has 1 fully saturated rings. The second-order valence-corrected chi connectivity index (χ2v) is 6.26. The highest BCUT2D eigenvalue weighted by Crippen LogP contribution is 2.50. The molecule has 0 spiro atoms. The van der Waals surface area contributed by atoms with Crippen molar-refractivity contribution in [2.45, 2.75) is 24.7 Å². The summed E-state index contributed by atoms with van der Waals surface area (Å²) >= 11 is 0. The van der Waals surface area contributed by atoms with Crippen molar-refractivity contribution >= 4 is 17.3 Å². The van der Waals surface area contributed by atoms with E-state index in [1.54, 1.807) is 24.3 Å². The number of benzene rings is 2. The van der Waals surface area contributed by atoms with Crippen LogP contribution in [0, 0.1) is 10.1 Å². The van der Waals surface area contributed by atoms with Crippen LogP contribution in [-0.4, -0.2) is 24.4 Å². The van der Waals surface area contributed by atoms with E-state index in [1.165, 1.54) is 13.2 Å². The maximum Gasteiger partial charge on any atom is 0.573 e. The Kier molecular flexibility index (Phi) is 4.88. The predicted octanol–water partition coefficient (Wildman–Crippen LogP) is 4.38. The van der Waals surface area contributed by atoms with Crippen LogP contribution in [0.2, 0.25) is 0 Å². The monoisotopic (exact) mass is 396 g/mol. The van der Waals surface area contributed by atoms with E-state index in [4.69, 9.17) is 4.74 Å². The molecule has 0 atom stereocenters. The zero-order valence-electron chi connectivity index (χ0n) is 14.6. The number of anilines is 1. The average Bonchev–Trinajstić information content (AvgIpc) is 3.42. The minimum Gasteiger partial charge on any atom is -0.465 e. The van der Waals surface area contributed by atoms with Gasteiger partial charge in [0, 0.05) is 0 Å². The van der Waals surface area contributed by atoms with Gasteiger partial charge in [-0.2, -0.15) is 0 Å². The molecule has 0 amide bonds. The van der Waals surface area contributed by atoms with Crippen LogP contribution >= 0.6 is 0 Å². The highest BCUT2D eigenvalue weighted by molar-refractivity contribution is 5.89. The number of ether oxygens (including phenoxy) is 2. The van der Waals surface area contributed by atoms with E-state index in [2.05, 4.69) is 10.1 Å². The minimum atomic E-state index is -4.95. The van der Waals surface area contributed by atoms with Crippen LogP contribution in [0.4, 0.5) is 24.5 Å². The molecule has 0 aliphatic heterocycles. The number of hydrogen-bond acceptors (Lipinski definition) is 6. The van der Waals surface area contributed by atoms with Gasteiger partial charge in [0.15, 0.2) is 0 Å². The Bertz CT molecular complexity index is 926. The fraction of sp³-hybridized carbons (Fsp3) is 0.278. The predicted molar refractivity (Wildman–Crippen MR) is 92.1 cm³/mol. The number of nitro groups is 1. The lowest BCUT2D eigenvalue weighted by molar-refractivity contribution is -0.384. The number of alkyl halides is 3. The maximum absolute atomic E-state index is 12.4. The Balaban J connectivity index is 1.91. The van der Waals surface area contributed by atoms with E-state index in [0.29, 0.717) is 18.4 Å². The van der Waals surface area contributed by atoms with Crippen LogP contribution in [-0.2, 0) is 10.3 Å². The van der Waals surface area contributed by atoms with E-state index in [0.717, 1.165) is 17.7 Å². The number of nitro benzene ring substituents is 1. The van der Waals surface area contributed by atoms with E-state index < -0.39 is 34.2 Å². The lowest BCUT2D eigenvalue weighted by Gasteiger charge is -2.20. The van der Waals surface area contributed by atoms with Crippen LogP contribution in [0.5, 0.6) is 5.75 Å². The van der Waals surface area contributed by atoms with Crippen molar-refractivity contribution in [1.29, 1.82) is 0 Å². The van der Waals surface area contributed by atoms with Crippen LogP contribution in [0.25, 0.3) is 0 Å². The summed E-state index contributed by atoms with van der Waals surface area (Å²) in [5.74, 6) is -1.19. The van der Waals surface area contributed by atoms with Crippen LogP contribution in [0.15, 0.2) is 42.5 Å². The summed E-state index contributed by atoms with van der Waals surface area (Å²) in [5, 5.41) is 14.4. The Morgan fingerprint density at radius 2 is 1.93 bits per heavy atom. The average molecular weight is 396 g/mol. The van der Waals surface area contributed by atoms with Crippen molar-refractivity contribution < 1.29 is 32.4 Å². The zero-order valence-corrected chi connectivity index (χ0v) is 14.6. The highest BCUT2D eigenvalue weighted by Gasteiger charge is 2.45. The normalized spacial score (nSPS) is 14.9. The lowest BCUT2D eigenvalue weighted by Crippen LogP contribution is -2.20. The van der Waals surface area contributed by atoms with Crippen LogP contribution < -0.4 is 10.1 Å². The first-order valence-electron chi connectivity index (χ1n) is 8.15. The minimum absolute atomic E-state index is 0.0560. The molecule has 10 heteroatoms. The third-order valence-electron chi connectivity index (χ3n) is 4.36. The van der Waals surface area contributed by atoms with Gasteiger partial charge in [-0.05, 0) is 42.7 Å². The Morgan fingerprint density at radius 3 is 2.50 bits per heavy atom. The number of nitrogens with zero attached hydrogens (tertiary/aromatic N) is 1. The Labute approximate surface area is 157 Å². The maximum atomic E-state index is 12.4. The van der Waals surface area contributed by atoms with Crippen molar-refractivity contribution in [2.75, 3.05) is 12.4 Å². The largest absolute Gasteiger partial charge is 0.573 e. The SMILES string of the molecule is COC(=O)c1cccc(C2(Nc3ccc(OC(F)(F)F)cc3[N+](=O)[O-])CC2)c1. The quantitative estimate of drug-likeness (QED) is 0.443. The van der Waals surface area contributed by atoms with Gasteiger partial charge in [0.25, 0.3) is 5.69 Å². The molecule has 1 saturated carbocycles. The van der Waals surface area contributed by atoms with Gasteiger partial charge < -0.3 is 14.8 Å². The first-order chi connectivity index (χ1) is 13.1. The zero-order chi connectivity index (χ0) is 20.5. The molecule has 0 bridgehead atoms. The Morgan fingerprint density at radius 1 is 1.21 bits per heavy atom. The topological polar surface area (TPSA) is 90.7 Å². The Hall–Kier alpha value is -3.30. The fourth-order valence-electron chi connectivity index (χ4n) is 2.90. The smallest absolute Gasteiger partial charge is 0.465 e. The number of carbonyl (C=O) groups excluding carboxylic acids is 1. The molecular formula is C18H15F3N2O5. The van der Waals surface area contributed by atoms with Gasteiger partial charge in [-0.15, -0.1) is 13.2 Å². The number of halogens is 3. The van der Waals surface area contributed by atoms with Crippen molar-refractivity contribution in [3.63, 3.8) is 0 Å². The van der Waals surface area contributed by atoms with E-state index in [1.807, 2.05) is 0 Å².